The lowest BCUT2D eigenvalue weighted by molar-refractivity contribution is 0.561. The van der Waals surface area contributed by atoms with Gasteiger partial charge in [-0.05, 0) is 43.5 Å². The Morgan fingerprint density at radius 3 is 2.75 bits per heavy atom. The lowest BCUT2D eigenvalue weighted by Crippen LogP contribution is -2.15. The van der Waals surface area contributed by atoms with Crippen molar-refractivity contribution >= 4 is 0 Å². The van der Waals surface area contributed by atoms with Gasteiger partial charge in [0.15, 0.2) is 0 Å². The summed E-state index contributed by atoms with van der Waals surface area (Å²) in [6.07, 6.45) is 4.18. The van der Waals surface area contributed by atoms with Crippen LogP contribution in [0, 0.1) is 13.8 Å². The first-order chi connectivity index (χ1) is 7.66. The number of furan rings is 1. The molecule has 0 saturated heterocycles. The van der Waals surface area contributed by atoms with Crippen molar-refractivity contribution in [2.75, 3.05) is 0 Å². The molecule has 3 nitrogen and oxygen atoms in total. The molecule has 0 spiro atoms. The van der Waals surface area contributed by atoms with E-state index in [1.165, 1.54) is 0 Å². The third-order valence-electron chi connectivity index (χ3n) is 2.70. The van der Waals surface area contributed by atoms with Crippen LogP contribution in [0.4, 0.5) is 0 Å². The van der Waals surface area contributed by atoms with Crippen molar-refractivity contribution in [1.82, 2.24) is 4.98 Å². The summed E-state index contributed by atoms with van der Waals surface area (Å²) in [7, 11) is 0. The van der Waals surface area contributed by atoms with E-state index in [0.29, 0.717) is 0 Å². The second kappa shape index (κ2) is 4.49. The SMILES string of the molecule is Cc1ccc(C(N)Cc2ccoc2)c(C)n1. The monoisotopic (exact) mass is 216 g/mol. The molecule has 16 heavy (non-hydrogen) atoms. The Bertz CT molecular complexity index is 463. The van der Waals surface area contributed by atoms with Crippen molar-refractivity contribution in [3.8, 4) is 0 Å². The molecule has 0 radical (unpaired) electrons. The number of nitrogens with zero attached hydrogens (tertiary/aromatic N) is 1. The molecule has 3 heteroatoms. The Labute approximate surface area is 95.3 Å². The largest absolute Gasteiger partial charge is 0.472 e. The smallest absolute Gasteiger partial charge is 0.0935 e. The molecule has 0 aromatic carbocycles. The number of hydrogen-bond donors (Lipinski definition) is 1. The molecule has 84 valence electrons. The Kier molecular flexibility index (Phi) is 3.06. The van der Waals surface area contributed by atoms with Gasteiger partial charge in [0.25, 0.3) is 0 Å². The van der Waals surface area contributed by atoms with Crippen LogP contribution in [0.15, 0.2) is 35.1 Å². The second-order valence-electron chi connectivity index (χ2n) is 4.07. The normalized spacial score (nSPS) is 12.7. The van der Waals surface area contributed by atoms with E-state index in [9.17, 15) is 0 Å². The summed E-state index contributed by atoms with van der Waals surface area (Å²) in [6, 6.07) is 5.97. The predicted molar refractivity (Wildman–Crippen MR) is 63.1 cm³/mol. The molecule has 0 aliphatic rings. The zero-order valence-corrected chi connectivity index (χ0v) is 9.60. The fourth-order valence-corrected chi connectivity index (χ4v) is 1.86. The molecule has 0 fully saturated rings. The number of nitrogens with two attached hydrogens (primary N) is 1. The minimum absolute atomic E-state index is 0.0225. The third-order valence-corrected chi connectivity index (χ3v) is 2.70. The average Bonchev–Trinajstić information content (AvgIpc) is 2.70. The number of aryl methyl sites for hydroxylation is 2. The van der Waals surface area contributed by atoms with Crippen LogP contribution in [0.3, 0.4) is 0 Å². The molecule has 0 aliphatic carbocycles. The number of rotatable bonds is 3. The van der Waals surface area contributed by atoms with Crippen LogP contribution >= 0.6 is 0 Å². The molecule has 1 atom stereocenters. The summed E-state index contributed by atoms with van der Waals surface area (Å²) in [5.41, 5.74) is 10.4. The Balaban J connectivity index is 2.17. The van der Waals surface area contributed by atoms with Crippen molar-refractivity contribution in [1.29, 1.82) is 0 Å². The molecule has 0 amide bonds. The van der Waals surface area contributed by atoms with Crippen LogP contribution in [-0.4, -0.2) is 4.98 Å². The van der Waals surface area contributed by atoms with Gasteiger partial charge in [0.2, 0.25) is 0 Å². The van der Waals surface area contributed by atoms with Crippen molar-refractivity contribution in [3.63, 3.8) is 0 Å². The second-order valence-corrected chi connectivity index (χ2v) is 4.07. The Morgan fingerprint density at radius 1 is 1.31 bits per heavy atom. The number of pyridine rings is 1. The van der Waals surface area contributed by atoms with Crippen LogP contribution in [0.25, 0.3) is 0 Å². The minimum atomic E-state index is -0.0225. The summed E-state index contributed by atoms with van der Waals surface area (Å²) in [5, 5.41) is 0. The fourth-order valence-electron chi connectivity index (χ4n) is 1.86. The summed E-state index contributed by atoms with van der Waals surface area (Å²) in [5.74, 6) is 0. The Morgan fingerprint density at radius 2 is 2.12 bits per heavy atom. The minimum Gasteiger partial charge on any atom is -0.472 e. The maximum atomic E-state index is 6.16. The van der Waals surface area contributed by atoms with Gasteiger partial charge < -0.3 is 10.2 Å². The van der Waals surface area contributed by atoms with Gasteiger partial charge in [-0.1, -0.05) is 6.07 Å². The highest BCUT2D eigenvalue weighted by atomic mass is 16.3. The molecular formula is C13H16N2O. The summed E-state index contributed by atoms with van der Waals surface area (Å²) < 4.78 is 5.03. The molecule has 0 saturated carbocycles. The first-order valence-electron chi connectivity index (χ1n) is 5.37. The zero-order valence-electron chi connectivity index (χ0n) is 9.60. The van der Waals surface area contributed by atoms with Crippen LogP contribution in [0.2, 0.25) is 0 Å². The van der Waals surface area contributed by atoms with Gasteiger partial charge in [0, 0.05) is 17.4 Å². The standard InChI is InChI=1S/C13H16N2O/c1-9-3-4-12(10(2)15-9)13(14)7-11-5-6-16-8-11/h3-6,8,13H,7,14H2,1-2H3. The van der Waals surface area contributed by atoms with E-state index in [4.69, 9.17) is 10.2 Å². The average molecular weight is 216 g/mol. The molecular weight excluding hydrogens is 200 g/mol. The third kappa shape index (κ3) is 2.31. The summed E-state index contributed by atoms with van der Waals surface area (Å²) >= 11 is 0. The van der Waals surface area contributed by atoms with Gasteiger partial charge >= 0.3 is 0 Å². The first-order valence-corrected chi connectivity index (χ1v) is 5.37. The van der Waals surface area contributed by atoms with Gasteiger partial charge in [-0.15, -0.1) is 0 Å². The molecule has 2 aromatic rings. The number of hydrogen-bond acceptors (Lipinski definition) is 3. The molecule has 0 bridgehead atoms. The molecule has 2 N–H and O–H groups in total. The molecule has 2 rings (SSSR count). The van der Waals surface area contributed by atoms with Crippen LogP contribution < -0.4 is 5.73 Å². The van der Waals surface area contributed by atoms with Crippen LogP contribution in [0.5, 0.6) is 0 Å². The van der Waals surface area contributed by atoms with Crippen LogP contribution in [0.1, 0.15) is 28.6 Å². The highest BCUT2D eigenvalue weighted by Crippen LogP contribution is 2.19. The van der Waals surface area contributed by atoms with Gasteiger partial charge in [-0.25, -0.2) is 0 Å². The lowest BCUT2D eigenvalue weighted by atomic mass is 10.00. The molecule has 2 heterocycles. The molecule has 1 unspecified atom stereocenters. The maximum absolute atomic E-state index is 6.16. The highest BCUT2D eigenvalue weighted by molar-refractivity contribution is 5.26. The van der Waals surface area contributed by atoms with Crippen molar-refractivity contribution in [2.45, 2.75) is 26.3 Å². The topological polar surface area (TPSA) is 52.0 Å². The fraction of sp³-hybridized carbons (Fsp3) is 0.308. The zero-order chi connectivity index (χ0) is 11.5. The van der Waals surface area contributed by atoms with Gasteiger partial charge in [0.1, 0.15) is 0 Å². The van der Waals surface area contributed by atoms with E-state index in [1.54, 1.807) is 12.5 Å². The van der Waals surface area contributed by atoms with Gasteiger partial charge in [-0.2, -0.15) is 0 Å². The van der Waals surface area contributed by atoms with E-state index in [0.717, 1.165) is 28.9 Å². The summed E-state index contributed by atoms with van der Waals surface area (Å²) in [6.45, 7) is 3.98. The summed E-state index contributed by atoms with van der Waals surface area (Å²) in [4.78, 5) is 4.42. The highest BCUT2D eigenvalue weighted by Gasteiger charge is 2.11. The van der Waals surface area contributed by atoms with Crippen molar-refractivity contribution in [3.05, 3.63) is 53.2 Å². The quantitative estimate of drug-likeness (QED) is 0.857. The van der Waals surface area contributed by atoms with Crippen LogP contribution in [-0.2, 0) is 6.42 Å². The predicted octanol–water partition coefficient (Wildman–Crippen LogP) is 2.53. The first kappa shape index (κ1) is 10.9. The van der Waals surface area contributed by atoms with E-state index in [1.807, 2.05) is 26.0 Å². The number of aromatic nitrogens is 1. The van der Waals surface area contributed by atoms with E-state index < -0.39 is 0 Å². The van der Waals surface area contributed by atoms with Crippen molar-refractivity contribution < 1.29 is 4.42 Å². The molecule has 2 aromatic heterocycles. The van der Waals surface area contributed by atoms with E-state index >= 15 is 0 Å². The lowest BCUT2D eigenvalue weighted by Gasteiger charge is -2.13. The molecule has 0 aliphatic heterocycles. The van der Waals surface area contributed by atoms with E-state index in [-0.39, 0.29) is 6.04 Å². The Hall–Kier alpha value is -1.61. The van der Waals surface area contributed by atoms with Crippen molar-refractivity contribution in [2.24, 2.45) is 5.73 Å². The van der Waals surface area contributed by atoms with Gasteiger partial charge in [-0.3, -0.25) is 4.98 Å². The van der Waals surface area contributed by atoms with E-state index in [2.05, 4.69) is 11.1 Å². The van der Waals surface area contributed by atoms with Gasteiger partial charge in [0.05, 0.1) is 12.5 Å². The maximum Gasteiger partial charge on any atom is 0.0935 e.